The van der Waals surface area contributed by atoms with Gasteiger partial charge in [-0.2, -0.15) is 9.61 Å². The van der Waals surface area contributed by atoms with Gasteiger partial charge >= 0.3 is 0 Å². The minimum atomic E-state index is -0.351. The highest BCUT2D eigenvalue weighted by molar-refractivity contribution is 6.15. The molecule has 0 aromatic carbocycles. The van der Waals surface area contributed by atoms with Crippen LogP contribution in [0.2, 0.25) is 0 Å². The standard InChI is InChI=1S/C15H16N6O2/c1-16-11-6-12(18-10-2-3-10)21-14(19-11)9(7-17-21)4-8-5-13(22)20-15(8)23/h4,6-7,10,18H,2-3,5H2,1H3,(H,16,19)(H,20,22,23)/b8-4+. The van der Waals surface area contributed by atoms with Crippen LogP contribution >= 0.6 is 0 Å². The van der Waals surface area contributed by atoms with Gasteiger partial charge in [0.1, 0.15) is 11.6 Å². The van der Waals surface area contributed by atoms with E-state index in [0.29, 0.717) is 28.6 Å². The predicted octanol–water partition coefficient (Wildman–Crippen LogP) is 0.775. The first-order valence-electron chi connectivity index (χ1n) is 7.52. The highest BCUT2D eigenvalue weighted by Gasteiger charge is 2.25. The summed E-state index contributed by atoms with van der Waals surface area (Å²) in [6.07, 6.45) is 5.73. The van der Waals surface area contributed by atoms with Crippen molar-refractivity contribution in [1.29, 1.82) is 0 Å². The van der Waals surface area contributed by atoms with Crippen LogP contribution in [0.4, 0.5) is 11.6 Å². The number of rotatable bonds is 4. The van der Waals surface area contributed by atoms with Gasteiger partial charge in [-0.15, -0.1) is 0 Å². The normalized spacial score (nSPS) is 19.4. The summed E-state index contributed by atoms with van der Waals surface area (Å²) in [6.45, 7) is 0. The number of carbonyl (C=O) groups is 2. The Morgan fingerprint density at radius 1 is 1.39 bits per heavy atom. The molecule has 2 aliphatic rings. The van der Waals surface area contributed by atoms with Gasteiger partial charge in [-0.3, -0.25) is 14.9 Å². The zero-order chi connectivity index (χ0) is 16.0. The molecule has 0 radical (unpaired) electrons. The lowest BCUT2D eigenvalue weighted by Gasteiger charge is -2.09. The highest BCUT2D eigenvalue weighted by atomic mass is 16.2. The van der Waals surface area contributed by atoms with Gasteiger partial charge in [0.15, 0.2) is 5.65 Å². The molecule has 8 nitrogen and oxygen atoms in total. The van der Waals surface area contributed by atoms with Gasteiger partial charge in [-0.1, -0.05) is 0 Å². The number of hydrogen-bond acceptors (Lipinski definition) is 6. The number of imide groups is 1. The summed E-state index contributed by atoms with van der Waals surface area (Å²) in [5.41, 5.74) is 1.78. The summed E-state index contributed by atoms with van der Waals surface area (Å²) in [5.74, 6) is 0.944. The molecule has 2 fully saturated rings. The maximum absolute atomic E-state index is 11.7. The molecule has 1 saturated heterocycles. The number of anilines is 2. The fourth-order valence-corrected chi connectivity index (χ4v) is 2.56. The first-order chi connectivity index (χ1) is 11.1. The van der Waals surface area contributed by atoms with E-state index in [9.17, 15) is 9.59 Å². The number of carbonyl (C=O) groups excluding carboxylic acids is 2. The SMILES string of the molecule is CNc1cc(NC2CC2)n2ncc(/C=C3\CC(=O)NC3=O)c2n1. The van der Waals surface area contributed by atoms with E-state index < -0.39 is 0 Å². The second-order valence-electron chi connectivity index (χ2n) is 5.75. The van der Waals surface area contributed by atoms with Crippen molar-refractivity contribution in [2.75, 3.05) is 17.7 Å². The third kappa shape index (κ3) is 2.52. The summed E-state index contributed by atoms with van der Waals surface area (Å²) in [6, 6.07) is 2.38. The Balaban J connectivity index is 1.80. The molecular weight excluding hydrogens is 296 g/mol. The summed E-state index contributed by atoms with van der Waals surface area (Å²) >= 11 is 0. The van der Waals surface area contributed by atoms with Gasteiger partial charge in [0.25, 0.3) is 5.91 Å². The van der Waals surface area contributed by atoms with Gasteiger partial charge in [-0.25, -0.2) is 4.98 Å². The zero-order valence-corrected chi connectivity index (χ0v) is 12.6. The van der Waals surface area contributed by atoms with Crippen LogP contribution in [-0.2, 0) is 9.59 Å². The molecule has 1 aliphatic heterocycles. The van der Waals surface area contributed by atoms with Crippen LogP contribution < -0.4 is 16.0 Å². The van der Waals surface area contributed by atoms with Gasteiger partial charge in [0.05, 0.1) is 12.6 Å². The molecular formula is C15H16N6O2. The quantitative estimate of drug-likeness (QED) is 0.570. The van der Waals surface area contributed by atoms with Crippen molar-refractivity contribution in [2.45, 2.75) is 25.3 Å². The lowest BCUT2D eigenvalue weighted by atomic mass is 10.1. The maximum Gasteiger partial charge on any atom is 0.254 e. The summed E-state index contributed by atoms with van der Waals surface area (Å²) in [4.78, 5) is 27.5. The number of amides is 2. The smallest absolute Gasteiger partial charge is 0.254 e. The topological polar surface area (TPSA) is 100 Å². The summed E-state index contributed by atoms with van der Waals surface area (Å²) in [5, 5.41) is 13.1. The molecule has 1 saturated carbocycles. The molecule has 0 spiro atoms. The molecule has 0 bridgehead atoms. The Morgan fingerprint density at radius 3 is 2.87 bits per heavy atom. The van der Waals surface area contributed by atoms with Crippen LogP contribution in [-0.4, -0.2) is 39.5 Å². The fourth-order valence-electron chi connectivity index (χ4n) is 2.56. The predicted molar refractivity (Wildman–Crippen MR) is 84.9 cm³/mol. The van der Waals surface area contributed by atoms with Crippen LogP contribution in [0.5, 0.6) is 0 Å². The van der Waals surface area contributed by atoms with Gasteiger partial charge in [-0.05, 0) is 18.9 Å². The largest absolute Gasteiger partial charge is 0.373 e. The van der Waals surface area contributed by atoms with Crippen molar-refractivity contribution in [3.63, 3.8) is 0 Å². The summed E-state index contributed by atoms with van der Waals surface area (Å²) < 4.78 is 1.72. The van der Waals surface area contributed by atoms with Crippen molar-refractivity contribution in [1.82, 2.24) is 19.9 Å². The van der Waals surface area contributed by atoms with Crippen LogP contribution in [0.1, 0.15) is 24.8 Å². The van der Waals surface area contributed by atoms with Crippen molar-refractivity contribution >= 4 is 35.2 Å². The Labute approximate surface area is 132 Å². The van der Waals surface area contributed by atoms with E-state index in [1.165, 1.54) is 0 Å². The van der Waals surface area contributed by atoms with Crippen molar-refractivity contribution in [2.24, 2.45) is 0 Å². The van der Waals surface area contributed by atoms with Crippen LogP contribution in [0.3, 0.4) is 0 Å². The first kappa shape index (κ1) is 13.7. The molecule has 0 atom stereocenters. The van der Waals surface area contributed by atoms with E-state index >= 15 is 0 Å². The van der Waals surface area contributed by atoms with E-state index in [0.717, 1.165) is 18.7 Å². The Hall–Kier alpha value is -2.90. The molecule has 2 aromatic heterocycles. The average Bonchev–Trinajstić information content (AvgIpc) is 3.16. The number of nitrogens with one attached hydrogen (secondary N) is 3. The Morgan fingerprint density at radius 2 is 2.22 bits per heavy atom. The van der Waals surface area contributed by atoms with Crippen molar-refractivity contribution in [3.05, 3.63) is 23.4 Å². The zero-order valence-electron chi connectivity index (χ0n) is 12.6. The fraction of sp³-hybridized carbons (Fsp3) is 0.333. The number of fused-ring (bicyclic) bond motifs is 1. The third-order valence-electron chi connectivity index (χ3n) is 3.91. The second kappa shape index (κ2) is 5.08. The average molecular weight is 312 g/mol. The van der Waals surface area contributed by atoms with Crippen LogP contribution in [0, 0.1) is 0 Å². The van der Waals surface area contributed by atoms with Gasteiger partial charge < -0.3 is 10.6 Å². The van der Waals surface area contributed by atoms with Gasteiger partial charge in [0.2, 0.25) is 5.91 Å². The van der Waals surface area contributed by atoms with E-state index in [1.54, 1.807) is 23.8 Å². The molecule has 8 heteroatoms. The molecule has 2 aromatic rings. The molecule has 23 heavy (non-hydrogen) atoms. The van der Waals surface area contributed by atoms with E-state index in [1.807, 2.05) is 6.07 Å². The number of aromatic nitrogens is 3. The van der Waals surface area contributed by atoms with Crippen molar-refractivity contribution in [3.8, 4) is 0 Å². The number of nitrogens with zero attached hydrogens (tertiary/aromatic N) is 3. The second-order valence-corrected chi connectivity index (χ2v) is 5.75. The lowest BCUT2D eigenvalue weighted by Crippen LogP contribution is -2.19. The van der Waals surface area contributed by atoms with Crippen LogP contribution in [0.25, 0.3) is 11.7 Å². The highest BCUT2D eigenvalue weighted by Crippen LogP contribution is 2.27. The molecule has 0 unspecified atom stereocenters. The monoisotopic (exact) mass is 312 g/mol. The van der Waals surface area contributed by atoms with E-state index in [2.05, 4.69) is 26.0 Å². The molecule has 118 valence electrons. The maximum atomic E-state index is 11.7. The van der Waals surface area contributed by atoms with Gasteiger partial charge in [0, 0.05) is 30.3 Å². The Bertz CT molecular complexity index is 849. The van der Waals surface area contributed by atoms with Crippen LogP contribution in [0.15, 0.2) is 17.8 Å². The lowest BCUT2D eigenvalue weighted by molar-refractivity contribution is -0.124. The first-order valence-corrected chi connectivity index (χ1v) is 7.52. The van der Waals surface area contributed by atoms with E-state index in [4.69, 9.17) is 0 Å². The molecule has 4 rings (SSSR count). The number of hydrogen-bond donors (Lipinski definition) is 3. The minimum absolute atomic E-state index is 0.0923. The molecule has 1 aliphatic carbocycles. The minimum Gasteiger partial charge on any atom is -0.373 e. The molecule has 3 heterocycles. The Kier molecular flexibility index (Phi) is 3.03. The summed E-state index contributed by atoms with van der Waals surface area (Å²) in [7, 11) is 1.80. The third-order valence-corrected chi connectivity index (χ3v) is 3.91. The van der Waals surface area contributed by atoms with Crippen molar-refractivity contribution < 1.29 is 9.59 Å². The van der Waals surface area contributed by atoms with E-state index in [-0.39, 0.29) is 18.2 Å². The molecule has 3 N–H and O–H groups in total. The molecule has 2 amide bonds.